The van der Waals surface area contributed by atoms with Gasteiger partial charge < -0.3 is 19.9 Å². The third kappa shape index (κ3) is 4.21. The molecule has 34 heavy (non-hydrogen) atoms. The maximum atomic E-state index is 14.5. The van der Waals surface area contributed by atoms with E-state index >= 15 is 0 Å². The molecule has 0 saturated carbocycles. The molecule has 2 fully saturated rings. The fourth-order valence-corrected chi connectivity index (χ4v) is 7.82. The van der Waals surface area contributed by atoms with Crippen LogP contribution in [0, 0.1) is 5.41 Å². The smallest absolute Gasteiger partial charge is 0.382 e. The van der Waals surface area contributed by atoms with Crippen molar-refractivity contribution in [3.63, 3.8) is 0 Å². The second-order valence-corrected chi connectivity index (χ2v) is 11.9. The quantitative estimate of drug-likeness (QED) is 0.315. The number of nitrogens with one attached hydrogen (secondary N) is 2. The Balaban J connectivity index is 1.71. The average Bonchev–Trinajstić information content (AvgIpc) is 3.29. The zero-order chi connectivity index (χ0) is 24.4. The summed E-state index contributed by atoms with van der Waals surface area (Å²) < 4.78 is 49.2. The number of nitrogens with zero attached hydrogens (tertiary/aromatic N) is 2. The molecule has 5 rings (SSSR count). The fourth-order valence-electron chi connectivity index (χ4n) is 5.21. The highest BCUT2D eigenvalue weighted by Gasteiger charge is 2.53. The maximum absolute atomic E-state index is 14.5. The summed E-state index contributed by atoms with van der Waals surface area (Å²) in [6, 6.07) is 5.05. The van der Waals surface area contributed by atoms with Crippen LogP contribution in [-0.2, 0) is 10.9 Å². The van der Waals surface area contributed by atoms with E-state index in [0.29, 0.717) is 45.1 Å². The van der Waals surface area contributed by atoms with Crippen molar-refractivity contribution in [3.05, 3.63) is 33.7 Å². The topological polar surface area (TPSA) is 51.4 Å². The molecule has 11 heteroatoms. The van der Waals surface area contributed by atoms with Crippen molar-refractivity contribution in [2.75, 3.05) is 37.5 Å². The zero-order valence-corrected chi connectivity index (χ0v) is 21.4. The van der Waals surface area contributed by atoms with Gasteiger partial charge in [0, 0.05) is 58.9 Å². The number of benzene rings is 1. The maximum Gasteiger partial charge on any atom is 0.417 e. The Kier molecular flexibility index (Phi) is 6.34. The molecule has 0 spiro atoms. The molecule has 0 amide bonds. The molecular formula is C23H26ClF3N4OS2. The third-order valence-electron chi connectivity index (χ3n) is 6.57. The Bertz CT molecular complexity index is 1110. The number of hydrogen-bond donors (Lipinski definition) is 2. The van der Waals surface area contributed by atoms with Crippen LogP contribution < -0.4 is 10.2 Å². The molecule has 184 valence electrons. The van der Waals surface area contributed by atoms with Gasteiger partial charge in [0.1, 0.15) is 5.84 Å². The molecule has 0 bridgehead atoms. The molecule has 5 nitrogen and oxygen atoms in total. The third-order valence-corrected chi connectivity index (χ3v) is 9.02. The summed E-state index contributed by atoms with van der Waals surface area (Å²) in [5.74, 6) is 0.824. The van der Waals surface area contributed by atoms with Gasteiger partial charge in [0.15, 0.2) is 0 Å². The van der Waals surface area contributed by atoms with Crippen LogP contribution in [0.1, 0.15) is 25.0 Å². The molecule has 0 aliphatic carbocycles. The largest absolute Gasteiger partial charge is 0.417 e. The van der Waals surface area contributed by atoms with Gasteiger partial charge in [-0.3, -0.25) is 5.41 Å². The number of halogens is 4. The molecule has 1 aromatic carbocycles. The number of fused-ring (bicyclic) bond motifs is 3. The fraction of sp³-hybridized carbons (Fsp3) is 0.522. The van der Waals surface area contributed by atoms with Crippen LogP contribution in [0.15, 0.2) is 23.1 Å². The van der Waals surface area contributed by atoms with E-state index in [1.807, 2.05) is 18.7 Å². The lowest BCUT2D eigenvalue weighted by Crippen LogP contribution is -2.56. The van der Waals surface area contributed by atoms with Crippen LogP contribution in [0.5, 0.6) is 0 Å². The van der Waals surface area contributed by atoms with Gasteiger partial charge in [-0.2, -0.15) is 13.2 Å². The van der Waals surface area contributed by atoms with Crippen LogP contribution in [0.25, 0.3) is 10.4 Å². The first kappa shape index (κ1) is 24.2. The number of rotatable bonds is 4. The molecule has 2 saturated heterocycles. The number of thiophene rings is 1. The predicted octanol–water partition coefficient (Wildman–Crippen LogP) is 5.40. The Morgan fingerprint density at radius 2 is 1.97 bits per heavy atom. The zero-order valence-electron chi connectivity index (χ0n) is 19.0. The predicted molar refractivity (Wildman–Crippen MR) is 133 cm³/mol. The van der Waals surface area contributed by atoms with Crippen LogP contribution in [0.3, 0.4) is 0 Å². The second kappa shape index (κ2) is 8.89. The minimum Gasteiger partial charge on any atom is -0.382 e. The molecule has 1 unspecified atom stereocenters. The highest BCUT2D eigenvalue weighted by atomic mass is 35.5. The van der Waals surface area contributed by atoms with Crippen molar-refractivity contribution in [1.82, 2.24) is 10.2 Å². The molecular weight excluding hydrogens is 505 g/mol. The van der Waals surface area contributed by atoms with Gasteiger partial charge in [-0.05, 0) is 32.0 Å². The Labute approximate surface area is 210 Å². The summed E-state index contributed by atoms with van der Waals surface area (Å²) in [7, 11) is 1.64. The summed E-state index contributed by atoms with van der Waals surface area (Å²) in [6.45, 7) is 5.70. The highest BCUT2D eigenvalue weighted by Crippen LogP contribution is 2.57. The molecule has 3 aliphatic rings. The number of thioether (sulfide) groups is 1. The van der Waals surface area contributed by atoms with Gasteiger partial charge in [0.2, 0.25) is 0 Å². The summed E-state index contributed by atoms with van der Waals surface area (Å²) in [6.07, 6.45) is -4.57. The molecule has 2 aromatic rings. The lowest BCUT2D eigenvalue weighted by atomic mass is 9.97. The number of piperazine rings is 1. The number of alkyl halides is 3. The van der Waals surface area contributed by atoms with Gasteiger partial charge in [-0.25, -0.2) is 0 Å². The van der Waals surface area contributed by atoms with Crippen LogP contribution >= 0.6 is 34.7 Å². The van der Waals surface area contributed by atoms with Crippen molar-refractivity contribution in [2.24, 2.45) is 0 Å². The number of amidine groups is 1. The Morgan fingerprint density at radius 1 is 1.26 bits per heavy atom. The van der Waals surface area contributed by atoms with E-state index in [9.17, 15) is 13.2 Å². The SMILES string of the molecule is COC[C@H]1C2CSc3c(-c4ccc(Cl)s4)c(C(F)(F)F)cc(C(=N)N4C[C@@H](C)N[C@@H](C)C4)c3N21. The number of methoxy groups -OCH3 is 1. The van der Waals surface area contributed by atoms with Crippen molar-refractivity contribution in [2.45, 2.75) is 49.1 Å². The monoisotopic (exact) mass is 530 g/mol. The summed E-state index contributed by atoms with van der Waals surface area (Å²) in [5.41, 5.74) is 0.520. The first-order valence-electron chi connectivity index (χ1n) is 11.1. The minimum absolute atomic E-state index is 0.0997. The molecule has 1 aromatic heterocycles. The van der Waals surface area contributed by atoms with Crippen LogP contribution in [0.4, 0.5) is 18.9 Å². The molecule has 4 atom stereocenters. The summed E-state index contributed by atoms with van der Waals surface area (Å²) in [4.78, 5) is 5.12. The van der Waals surface area contributed by atoms with E-state index in [0.717, 1.165) is 17.0 Å². The first-order valence-corrected chi connectivity index (χ1v) is 13.3. The first-order chi connectivity index (χ1) is 16.1. The van der Waals surface area contributed by atoms with Gasteiger partial charge >= 0.3 is 6.18 Å². The lowest BCUT2D eigenvalue weighted by Gasteiger charge is -2.38. The van der Waals surface area contributed by atoms with Crippen molar-refractivity contribution < 1.29 is 17.9 Å². The van der Waals surface area contributed by atoms with Gasteiger partial charge in [-0.15, -0.1) is 23.1 Å². The number of hydrogen-bond acceptors (Lipinski definition) is 6. The van der Waals surface area contributed by atoms with Crippen LogP contribution in [-0.4, -0.2) is 67.5 Å². The second-order valence-electron chi connectivity index (χ2n) is 9.16. The van der Waals surface area contributed by atoms with Gasteiger partial charge in [0.05, 0.1) is 34.3 Å². The Morgan fingerprint density at radius 3 is 2.56 bits per heavy atom. The van der Waals surface area contributed by atoms with Gasteiger partial charge in [0.25, 0.3) is 0 Å². The number of anilines is 1. The minimum atomic E-state index is -4.57. The standard InChI is InChI=1S/C23H26ClF3N4OS2/c1-11-7-30(8-12(2)29-11)22(28)13-6-14(23(25,26)27)19(17-4-5-18(24)34-17)21-20(13)31-15(9-32-3)16(31)10-33-21/h4-6,11-12,15-16,28-29H,7-10H2,1-3H3/t11-,12+,15-,16?,31?/m0/s1. The average molecular weight is 531 g/mol. The van der Waals surface area contributed by atoms with Gasteiger partial charge in [-0.1, -0.05) is 11.6 Å². The number of ether oxygens (including phenoxy) is 1. The van der Waals surface area contributed by atoms with Crippen LogP contribution in [0.2, 0.25) is 4.34 Å². The molecule has 0 radical (unpaired) electrons. The molecule has 3 aliphatic heterocycles. The van der Waals surface area contributed by atoms with E-state index < -0.39 is 11.7 Å². The van der Waals surface area contributed by atoms with E-state index in [1.165, 1.54) is 17.8 Å². The highest BCUT2D eigenvalue weighted by molar-refractivity contribution is 7.99. The van der Waals surface area contributed by atoms with Crippen molar-refractivity contribution in [3.8, 4) is 10.4 Å². The Hall–Kier alpha value is -1.46. The molecule has 4 heterocycles. The van der Waals surface area contributed by atoms with E-state index in [-0.39, 0.29) is 35.6 Å². The normalized spacial score (nSPS) is 26.3. The van der Waals surface area contributed by atoms with E-state index in [1.54, 1.807) is 19.2 Å². The van der Waals surface area contributed by atoms with E-state index in [4.69, 9.17) is 21.7 Å². The van der Waals surface area contributed by atoms with Crippen molar-refractivity contribution in [1.29, 1.82) is 5.41 Å². The van der Waals surface area contributed by atoms with E-state index in [2.05, 4.69) is 10.2 Å². The summed E-state index contributed by atoms with van der Waals surface area (Å²) >= 11 is 8.73. The van der Waals surface area contributed by atoms with Crippen molar-refractivity contribution >= 4 is 46.2 Å². The lowest BCUT2D eigenvalue weighted by molar-refractivity contribution is -0.137. The summed E-state index contributed by atoms with van der Waals surface area (Å²) in [5, 5.41) is 12.5. The molecule has 2 N–H and O–H groups in total.